The average molecular weight is 377 g/mol. The second-order valence-corrected chi connectivity index (χ2v) is 7.77. The largest absolute Gasteiger partial charge is 0.268 e. The molecule has 2 N–H and O–H groups in total. The summed E-state index contributed by atoms with van der Waals surface area (Å²) < 4.78 is 0. The molecule has 2 aromatic heterocycles. The molecule has 0 aliphatic heterocycles. The number of nitrogens with one attached hydrogen (secondary N) is 2. The van der Waals surface area contributed by atoms with Crippen molar-refractivity contribution in [3.05, 3.63) is 55.4 Å². The Morgan fingerprint density at radius 2 is 0.926 bits per heavy atom. The fourth-order valence-corrected chi connectivity index (χ4v) is 2.32. The highest BCUT2D eigenvalue weighted by molar-refractivity contribution is 5.19. The van der Waals surface area contributed by atoms with Gasteiger partial charge in [-0.1, -0.05) is 62.8 Å². The summed E-state index contributed by atoms with van der Waals surface area (Å²) in [5.74, 6) is 1.22. The van der Waals surface area contributed by atoms with E-state index in [0.29, 0.717) is 11.8 Å². The van der Waals surface area contributed by atoms with Gasteiger partial charge in [-0.2, -0.15) is 10.2 Å². The van der Waals surface area contributed by atoms with Crippen LogP contribution in [0.2, 0.25) is 0 Å². The van der Waals surface area contributed by atoms with E-state index in [1.54, 1.807) is 0 Å². The van der Waals surface area contributed by atoms with Gasteiger partial charge < -0.3 is 0 Å². The van der Waals surface area contributed by atoms with Gasteiger partial charge in [0.1, 0.15) is 0 Å². The molecule has 6 nitrogen and oxygen atoms in total. The minimum Gasteiger partial charge on any atom is -0.268 e. The van der Waals surface area contributed by atoms with E-state index in [-0.39, 0.29) is 30.4 Å². The molecule has 2 heterocycles. The molecule has 0 spiro atoms. The Hall–Kier alpha value is -2.24. The predicted molar refractivity (Wildman–Crippen MR) is 113 cm³/mol. The molecule has 0 aromatic carbocycles. The van der Waals surface area contributed by atoms with Gasteiger partial charge in [0.2, 0.25) is 0 Å². The van der Waals surface area contributed by atoms with Crippen LogP contribution < -0.4 is 11.1 Å². The quantitative estimate of drug-likeness (QED) is 0.811. The summed E-state index contributed by atoms with van der Waals surface area (Å²) in [6.07, 6.45) is 0. The van der Waals surface area contributed by atoms with Gasteiger partial charge in [-0.15, -0.1) is 0 Å². The lowest BCUT2D eigenvalue weighted by molar-refractivity contribution is 0.745. The van der Waals surface area contributed by atoms with Gasteiger partial charge in [-0.25, -0.2) is 10.2 Å². The third-order valence-corrected chi connectivity index (χ3v) is 4.13. The van der Waals surface area contributed by atoms with E-state index < -0.39 is 0 Å². The van der Waals surface area contributed by atoms with Crippen molar-refractivity contribution in [1.29, 1.82) is 0 Å². The topological polar surface area (TPSA) is 91.5 Å². The monoisotopic (exact) mass is 376 g/mol. The molecular weight excluding hydrogens is 340 g/mol. The van der Waals surface area contributed by atoms with Crippen molar-refractivity contribution in [1.82, 2.24) is 20.4 Å². The summed E-state index contributed by atoms with van der Waals surface area (Å²) in [6.45, 7) is 16.3. The van der Waals surface area contributed by atoms with Crippen LogP contribution in [0.25, 0.3) is 0 Å². The first-order valence-corrected chi connectivity index (χ1v) is 9.23. The second kappa shape index (κ2) is 10.8. The van der Waals surface area contributed by atoms with Crippen molar-refractivity contribution in [3.8, 4) is 0 Å². The highest BCUT2D eigenvalue weighted by Crippen LogP contribution is 2.15. The Balaban J connectivity index is 0.000000483. The molecule has 0 fully saturated rings. The molecule has 0 amide bonds. The SMILES string of the molecule is C.CC(C)c1cc(C(C)C)c(=O)[nH]n1.CC(C)c1cc(C(C)C)c(=O)[nH]n1. The van der Waals surface area contributed by atoms with E-state index in [4.69, 9.17) is 0 Å². The number of hydrogen-bond acceptors (Lipinski definition) is 4. The molecule has 27 heavy (non-hydrogen) atoms. The van der Waals surface area contributed by atoms with Gasteiger partial charge >= 0.3 is 0 Å². The first-order chi connectivity index (χ1) is 12.0. The highest BCUT2D eigenvalue weighted by atomic mass is 16.1. The number of hydrogen-bond donors (Lipinski definition) is 2. The summed E-state index contributed by atoms with van der Waals surface area (Å²) >= 11 is 0. The Labute approximate surface area is 162 Å². The van der Waals surface area contributed by atoms with Gasteiger partial charge in [0, 0.05) is 11.1 Å². The van der Waals surface area contributed by atoms with Gasteiger partial charge in [0.05, 0.1) is 11.4 Å². The van der Waals surface area contributed by atoms with E-state index in [9.17, 15) is 9.59 Å². The zero-order valence-corrected chi connectivity index (χ0v) is 17.2. The molecule has 0 atom stereocenters. The van der Waals surface area contributed by atoms with Crippen LogP contribution >= 0.6 is 0 Å². The van der Waals surface area contributed by atoms with Crippen molar-refractivity contribution >= 4 is 0 Å². The van der Waals surface area contributed by atoms with Gasteiger partial charge in [0.25, 0.3) is 11.1 Å². The summed E-state index contributed by atoms with van der Waals surface area (Å²) in [5.41, 5.74) is 3.39. The molecule has 0 aliphatic carbocycles. The third-order valence-electron chi connectivity index (χ3n) is 4.13. The lowest BCUT2D eigenvalue weighted by Gasteiger charge is -2.07. The molecule has 0 bridgehead atoms. The van der Waals surface area contributed by atoms with E-state index in [1.165, 1.54) is 0 Å². The summed E-state index contributed by atoms with van der Waals surface area (Å²) in [5, 5.41) is 13.0. The van der Waals surface area contributed by atoms with Crippen LogP contribution in [0.4, 0.5) is 0 Å². The van der Waals surface area contributed by atoms with Gasteiger partial charge in [-0.3, -0.25) is 9.59 Å². The molecule has 2 aromatic rings. The van der Waals surface area contributed by atoms with E-state index in [2.05, 4.69) is 48.1 Å². The zero-order valence-electron chi connectivity index (χ0n) is 17.2. The van der Waals surface area contributed by atoms with E-state index >= 15 is 0 Å². The molecule has 0 aliphatic rings. The van der Waals surface area contributed by atoms with Crippen molar-refractivity contribution in [2.24, 2.45) is 0 Å². The van der Waals surface area contributed by atoms with Crippen LogP contribution in [0.5, 0.6) is 0 Å². The number of nitrogens with zero attached hydrogens (tertiary/aromatic N) is 2. The fraction of sp³-hybridized carbons (Fsp3) is 0.619. The molecule has 6 heteroatoms. The lowest BCUT2D eigenvalue weighted by atomic mass is 10.0. The first kappa shape index (κ1) is 24.8. The highest BCUT2D eigenvalue weighted by Gasteiger charge is 2.09. The maximum Gasteiger partial charge on any atom is 0.267 e. The molecule has 0 saturated heterocycles. The third kappa shape index (κ3) is 7.12. The maximum atomic E-state index is 11.3. The number of aromatic amines is 2. The smallest absolute Gasteiger partial charge is 0.267 e. The first-order valence-electron chi connectivity index (χ1n) is 9.23. The number of aromatic nitrogens is 4. The van der Waals surface area contributed by atoms with Crippen LogP contribution in [0.15, 0.2) is 21.7 Å². The molecule has 0 radical (unpaired) electrons. The summed E-state index contributed by atoms with van der Waals surface area (Å²) in [4.78, 5) is 22.6. The maximum absolute atomic E-state index is 11.3. The predicted octanol–water partition coefficient (Wildman–Crippen LogP) is 4.67. The molecular formula is C21H36N4O2. The Morgan fingerprint density at radius 3 is 1.15 bits per heavy atom. The van der Waals surface area contributed by atoms with Crippen LogP contribution in [0.1, 0.15) is 109 Å². The van der Waals surface area contributed by atoms with Gasteiger partial charge in [-0.05, 0) is 35.8 Å². The van der Waals surface area contributed by atoms with Crippen LogP contribution in [0, 0.1) is 0 Å². The van der Waals surface area contributed by atoms with Gasteiger partial charge in [0.15, 0.2) is 0 Å². The summed E-state index contributed by atoms with van der Waals surface area (Å²) in [7, 11) is 0. The van der Waals surface area contributed by atoms with Crippen molar-refractivity contribution in [2.45, 2.75) is 86.5 Å². The van der Waals surface area contributed by atoms with E-state index in [1.807, 2.05) is 39.8 Å². The normalized spacial score (nSPS) is 10.8. The second-order valence-electron chi connectivity index (χ2n) is 7.77. The molecule has 0 unspecified atom stereocenters. The Bertz CT molecular complexity index is 748. The fourth-order valence-electron chi connectivity index (χ4n) is 2.32. The van der Waals surface area contributed by atoms with Crippen LogP contribution in [-0.2, 0) is 0 Å². The average Bonchev–Trinajstić information content (AvgIpc) is 2.55. The molecule has 152 valence electrons. The van der Waals surface area contributed by atoms with Crippen molar-refractivity contribution in [3.63, 3.8) is 0 Å². The minimum atomic E-state index is -0.0700. The zero-order chi connectivity index (χ0) is 20.0. The van der Waals surface area contributed by atoms with Crippen molar-refractivity contribution < 1.29 is 0 Å². The Kier molecular flexibility index (Phi) is 9.90. The summed E-state index contributed by atoms with van der Waals surface area (Å²) in [6, 6.07) is 3.79. The van der Waals surface area contributed by atoms with Crippen LogP contribution in [0.3, 0.4) is 0 Å². The number of rotatable bonds is 4. The minimum absolute atomic E-state index is 0. The standard InChI is InChI=1S/2C10H16N2O.CH4/c2*1-6(2)8-5-9(7(3)4)11-12-10(8)13;/h2*5-7H,1-4H3,(H,12,13);1H4. The molecule has 2 rings (SSSR count). The number of H-pyrrole nitrogens is 2. The molecule has 0 saturated carbocycles. The lowest BCUT2D eigenvalue weighted by Crippen LogP contribution is -2.17. The van der Waals surface area contributed by atoms with Crippen molar-refractivity contribution in [2.75, 3.05) is 0 Å². The van der Waals surface area contributed by atoms with E-state index in [0.717, 1.165) is 22.5 Å². The van der Waals surface area contributed by atoms with Crippen LogP contribution in [-0.4, -0.2) is 20.4 Å². The Morgan fingerprint density at radius 1 is 0.630 bits per heavy atom.